The van der Waals surface area contributed by atoms with Gasteiger partial charge in [0, 0.05) is 29.7 Å². The predicted molar refractivity (Wildman–Crippen MR) is 138 cm³/mol. The van der Waals surface area contributed by atoms with Crippen molar-refractivity contribution in [2.75, 3.05) is 19.6 Å². The van der Waals surface area contributed by atoms with Crippen LogP contribution in [0.25, 0.3) is 0 Å². The van der Waals surface area contributed by atoms with Gasteiger partial charge in [0.25, 0.3) is 11.5 Å². The predicted octanol–water partition coefficient (Wildman–Crippen LogP) is 4.00. The number of H-pyrrole nitrogens is 1. The molecule has 0 spiro atoms. The maximum absolute atomic E-state index is 13.8. The lowest BCUT2D eigenvalue weighted by atomic mass is 9.43. The number of aromatic hydroxyl groups is 1. The lowest BCUT2D eigenvalue weighted by Crippen LogP contribution is -2.69. The fourth-order valence-corrected chi connectivity index (χ4v) is 9.85. The van der Waals surface area contributed by atoms with Crippen LogP contribution in [0.15, 0.2) is 35.1 Å². The van der Waals surface area contributed by atoms with E-state index in [1.165, 1.54) is 30.5 Å². The molecule has 5 aliphatic rings. The molecule has 3 aliphatic carbocycles. The molecule has 2 N–H and O–H groups in total. The largest absolute Gasteiger partial charge is 0.508 e. The number of hydrogen-bond donors (Lipinski definition) is 2. The van der Waals surface area contributed by atoms with Crippen molar-refractivity contribution >= 4 is 5.91 Å². The van der Waals surface area contributed by atoms with Gasteiger partial charge in [-0.1, -0.05) is 19.4 Å². The number of fused-ring (bicyclic) bond motifs is 1. The van der Waals surface area contributed by atoms with Crippen LogP contribution < -0.4 is 5.56 Å². The number of likely N-dealkylation sites (tertiary alicyclic amines) is 2. The molecule has 1 aromatic heterocycles. The van der Waals surface area contributed by atoms with E-state index in [0.717, 1.165) is 50.9 Å². The monoisotopic (exact) mass is 487 g/mol. The van der Waals surface area contributed by atoms with Gasteiger partial charge in [0.15, 0.2) is 0 Å². The Labute approximate surface area is 212 Å². The van der Waals surface area contributed by atoms with E-state index in [0.29, 0.717) is 23.6 Å². The summed E-state index contributed by atoms with van der Waals surface area (Å²) in [6.07, 6.45) is 7.94. The topological polar surface area (TPSA) is 76.6 Å². The van der Waals surface area contributed by atoms with Gasteiger partial charge >= 0.3 is 0 Å². The summed E-state index contributed by atoms with van der Waals surface area (Å²) in [5.74, 6) is 1.11. The number of piperidine rings is 1. The summed E-state index contributed by atoms with van der Waals surface area (Å²) >= 11 is 0. The second-order valence-electron chi connectivity index (χ2n) is 12.3. The molecular formula is C30H37N3O3. The van der Waals surface area contributed by atoms with Gasteiger partial charge in [-0.3, -0.25) is 14.5 Å². The Morgan fingerprint density at radius 2 is 2.08 bits per heavy atom. The van der Waals surface area contributed by atoms with Gasteiger partial charge in [0.1, 0.15) is 11.3 Å². The van der Waals surface area contributed by atoms with E-state index in [4.69, 9.17) is 0 Å². The van der Waals surface area contributed by atoms with Crippen LogP contribution in [-0.2, 0) is 11.8 Å². The van der Waals surface area contributed by atoms with E-state index in [2.05, 4.69) is 33.8 Å². The lowest BCUT2D eigenvalue weighted by Gasteiger charge is -2.66. The Balaban J connectivity index is 1.33. The molecule has 5 unspecified atom stereocenters. The molecule has 1 aromatic carbocycles. The van der Waals surface area contributed by atoms with Crippen molar-refractivity contribution < 1.29 is 9.90 Å². The third kappa shape index (κ3) is 2.71. The molecule has 2 saturated carbocycles. The number of aromatic amines is 1. The highest BCUT2D eigenvalue weighted by atomic mass is 16.3. The van der Waals surface area contributed by atoms with Crippen molar-refractivity contribution in [1.29, 1.82) is 0 Å². The molecular weight excluding hydrogens is 450 g/mol. The molecule has 2 aliphatic heterocycles. The van der Waals surface area contributed by atoms with Crippen LogP contribution >= 0.6 is 0 Å². The van der Waals surface area contributed by atoms with Crippen LogP contribution in [0.3, 0.4) is 0 Å². The van der Waals surface area contributed by atoms with Gasteiger partial charge in [-0.15, -0.1) is 0 Å². The number of carbonyl (C=O) groups excluding carboxylic acids is 1. The quantitative estimate of drug-likeness (QED) is 0.684. The van der Waals surface area contributed by atoms with E-state index in [1.807, 2.05) is 19.1 Å². The van der Waals surface area contributed by atoms with Crippen LogP contribution in [-0.4, -0.2) is 57.5 Å². The maximum Gasteiger partial charge on any atom is 0.260 e. The molecule has 190 valence electrons. The number of nitrogens with zero attached hydrogens (tertiary/aromatic N) is 2. The van der Waals surface area contributed by atoms with Crippen LogP contribution in [0.4, 0.5) is 0 Å². The summed E-state index contributed by atoms with van der Waals surface area (Å²) in [5.41, 5.74) is 3.76. The average Bonchev–Trinajstić information content (AvgIpc) is 3.30. The minimum atomic E-state index is -0.280. The van der Waals surface area contributed by atoms with E-state index in [9.17, 15) is 14.7 Å². The summed E-state index contributed by atoms with van der Waals surface area (Å²) in [4.78, 5) is 34.1. The highest BCUT2D eigenvalue weighted by Gasteiger charge is 2.76. The third-order valence-corrected chi connectivity index (χ3v) is 10.9. The number of hydrogen-bond acceptors (Lipinski definition) is 4. The average molecular weight is 488 g/mol. The Kier molecular flexibility index (Phi) is 4.83. The molecule has 6 heteroatoms. The number of pyridine rings is 1. The highest BCUT2D eigenvalue weighted by Crippen LogP contribution is 2.75. The lowest BCUT2D eigenvalue weighted by molar-refractivity contribution is -0.101. The summed E-state index contributed by atoms with van der Waals surface area (Å²) in [6, 6.07) is 10.3. The van der Waals surface area contributed by atoms with Gasteiger partial charge in [0.05, 0.1) is 0 Å². The summed E-state index contributed by atoms with van der Waals surface area (Å²) in [6.45, 7) is 7.15. The van der Waals surface area contributed by atoms with E-state index < -0.39 is 0 Å². The first-order valence-corrected chi connectivity index (χ1v) is 14.0. The maximum atomic E-state index is 13.8. The Hall–Kier alpha value is -2.60. The molecule has 36 heavy (non-hydrogen) atoms. The molecule has 7 rings (SSSR count). The molecule has 2 saturated heterocycles. The zero-order chi connectivity index (χ0) is 24.8. The van der Waals surface area contributed by atoms with Crippen LogP contribution in [0, 0.1) is 24.2 Å². The second-order valence-corrected chi connectivity index (χ2v) is 12.3. The Morgan fingerprint density at radius 1 is 1.22 bits per heavy atom. The number of aryl methyl sites for hydroxylation is 1. The number of aromatic nitrogens is 1. The van der Waals surface area contributed by atoms with Crippen molar-refractivity contribution in [1.82, 2.24) is 14.8 Å². The second kappa shape index (κ2) is 7.70. The normalized spacial score (nSPS) is 36.0. The number of carbonyl (C=O) groups is 1. The first kappa shape index (κ1) is 22.6. The molecule has 4 bridgehead atoms. The van der Waals surface area contributed by atoms with Gasteiger partial charge in [-0.25, -0.2) is 0 Å². The van der Waals surface area contributed by atoms with Crippen molar-refractivity contribution in [3.63, 3.8) is 0 Å². The fraction of sp³-hybridized carbons (Fsp3) is 0.600. The van der Waals surface area contributed by atoms with Crippen molar-refractivity contribution in [2.45, 2.75) is 76.3 Å². The molecule has 0 radical (unpaired) electrons. The number of nitrogens with one attached hydrogen (secondary N) is 1. The molecule has 3 heterocycles. The number of phenols is 1. The smallest absolute Gasteiger partial charge is 0.260 e. The van der Waals surface area contributed by atoms with Gasteiger partial charge in [-0.2, -0.15) is 0 Å². The van der Waals surface area contributed by atoms with Gasteiger partial charge in [0.2, 0.25) is 0 Å². The van der Waals surface area contributed by atoms with Crippen molar-refractivity contribution in [3.8, 4) is 5.75 Å². The van der Waals surface area contributed by atoms with Crippen molar-refractivity contribution in [3.05, 3.63) is 63.1 Å². The fourth-order valence-electron chi connectivity index (χ4n) is 9.85. The zero-order valence-corrected chi connectivity index (χ0v) is 21.4. The SMILES string of the molecule is CCCCN1CCC23c4cc(O)ccc4CC1C21CCC2C3[C@@H](CN2C(=O)c2ccc(C)[nH]c2=O)C1. The molecule has 6 atom stereocenters. The van der Waals surface area contributed by atoms with Crippen molar-refractivity contribution in [2.24, 2.45) is 17.3 Å². The minimum Gasteiger partial charge on any atom is -0.508 e. The number of amides is 1. The minimum absolute atomic E-state index is 0.00894. The highest BCUT2D eigenvalue weighted by molar-refractivity contribution is 5.94. The number of phenolic OH excluding ortho intramolecular Hbond substituents is 1. The Bertz CT molecular complexity index is 1300. The van der Waals surface area contributed by atoms with E-state index in [-0.39, 0.29) is 33.9 Å². The van der Waals surface area contributed by atoms with Gasteiger partial charge < -0.3 is 15.0 Å². The third-order valence-electron chi connectivity index (χ3n) is 10.9. The van der Waals surface area contributed by atoms with E-state index >= 15 is 0 Å². The molecule has 6 nitrogen and oxygen atoms in total. The number of rotatable bonds is 4. The Morgan fingerprint density at radius 3 is 2.89 bits per heavy atom. The number of unbranched alkanes of at least 4 members (excludes halogenated alkanes) is 1. The summed E-state index contributed by atoms with van der Waals surface area (Å²) in [7, 11) is 0. The number of benzene rings is 1. The summed E-state index contributed by atoms with van der Waals surface area (Å²) in [5, 5.41) is 10.6. The summed E-state index contributed by atoms with van der Waals surface area (Å²) < 4.78 is 0. The molecule has 1 amide bonds. The van der Waals surface area contributed by atoms with Crippen LogP contribution in [0.1, 0.15) is 72.6 Å². The molecule has 2 aromatic rings. The van der Waals surface area contributed by atoms with Gasteiger partial charge in [-0.05, 0) is 111 Å². The van der Waals surface area contributed by atoms with E-state index in [1.54, 1.807) is 6.07 Å². The van der Waals surface area contributed by atoms with Crippen LogP contribution in [0.5, 0.6) is 5.75 Å². The van der Waals surface area contributed by atoms with Crippen LogP contribution in [0.2, 0.25) is 0 Å². The first-order valence-electron chi connectivity index (χ1n) is 14.0. The zero-order valence-electron chi connectivity index (χ0n) is 21.4. The standard InChI is InChI=1S/C30H37N3O3/c1-3-4-12-32-13-11-30-23-15-21(34)7-6-19(23)14-25(32)29(30)10-9-24-26(30)20(16-29)17-33(24)28(36)22-8-5-18(2)31-27(22)35/h5-8,15,20,24-26,34H,3-4,9-14,16-17H2,1-2H3,(H,31,35)/t20-,24?,25?,26?,29?,30?/m1/s1. The first-order chi connectivity index (χ1) is 17.4. The molecule has 4 fully saturated rings.